The number of aliphatic hydroxyl groups excluding tert-OH is 1. The van der Waals surface area contributed by atoms with E-state index in [1.54, 1.807) is 0 Å². The fourth-order valence-electron chi connectivity index (χ4n) is 1.62. The van der Waals surface area contributed by atoms with Gasteiger partial charge in [-0.2, -0.15) is 0 Å². The molecule has 1 N–H and O–H groups in total. The van der Waals surface area contributed by atoms with Gasteiger partial charge in [-0.15, -0.1) is 0 Å². The molecule has 0 aliphatic carbocycles. The van der Waals surface area contributed by atoms with Crippen LogP contribution in [0.1, 0.15) is 5.56 Å². The van der Waals surface area contributed by atoms with E-state index in [1.807, 2.05) is 25.1 Å². The molecular formula is C11H12BrNO3. The van der Waals surface area contributed by atoms with Crippen molar-refractivity contribution in [3.8, 4) is 0 Å². The van der Waals surface area contributed by atoms with Gasteiger partial charge in [0.2, 0.25) is 0 Å². The molecule has 1 heterocycles. The van der Waals surface area contributed by atoms with Crippen molar-refractivity contribution in [2.24, 2.45) is 0 Å². The van der Waals surface area contributed by atoms with Crippen molar-refractivity contribution in [3.05, 3.63) is 28.2 Å². The van der Waals surface area contributed by atoms with E-state index in [1.165, 1.54) is 4.90 Å². The molecule has 0 radical (unpaired) electrons. The summed E-state index contributed by atoms with van der Waals surface area (Å²) < 4.78 is 5.98. The first kappa shape index (κ1) is 11.4. The summed E-state index contributed by atoms with van der Waals surface area (Å²) in [6.45, 7) is 2.21. The molecule has 86 valence electrons. The minimum atomic E-state index is -0.420. The van der Waals surface area contributed by atoms with Crippen LogP contribution in [0.3, 0.4) is 0 Å². The molecule has 1 aliphatic rings. The standard InChI is InChI=1S/C11H12BrNO3/c1-7-4-8(2-3-10(7)12)13-5-9(6-14)16-11(13)15/h2-4,9,14H,5-6H2,1H3. The van der Waals surface area contributed by atoms with Gasteiger partial charge in [-0.05, 0) is 30.7 Å². The van der Waals surface area contributed by atoms with E-state index in [9.17, 15) is 4.79 Å². The van der Waals surface area contributed by atoms with Crippen LogP contribution in [0.5, 0.6) is 0 Å². The van der Waals surface area contributed by atoms with E-state index < -0.39 is 12.2 Å². The van der Waals surface area contributed by atoms with Crippen LogP contribution in [0.2, 0.25) is 0 Å². The summed E-state index contributed by atoms with van der Waals surface area (Å²) in [6, 6.07) is 5.65. The highest BCUT2D eigenvalue weighted by molar-refractivity contribution is 9.10. The van der Waals surface area contributed by atoms with Crippen LogP contribution >= 0.6 is 15.9 Å². The molecule has 5 heteroatoms. The van der Waals surface area contributed by atoms with Crippen LogP contribution in [0, 0.1) is 6.92 Å². The monoisotopic (exact) mass is 285 g/mol. The van der Waals surface area contributed by atoms with Gasteiger partial charge in [0.05, 0.1) is 13.2 Å². The Labute approximate surface area is 102 Å². The van der Waals surface area contributed by atoms with Crippen molar-refractivity contribution in [2.45, 2.75) is 13.0 Å². The molecule has 0 saturated carbocycles. The molecule has 1 aliphatic heterocycles. The number of rotatable bonds is 2. The van der Waals surface area contributed by atoms with Crippen LogP contribution in [0.4, 0.5) is 10.5 Å². The van der Waals surface area contributed by atoms with Crippen molar-refractivity contribution in [1.29, 1.82) is 0 Å². The normalized spacial score (nSPS) is 20.1. The molecule has 0 bridgehead atoms. The van der Waals surface area contributed by atoms with Crippen molar-refractivity contribution in [3.63, 3.8) is 0 Å². The maximum atomic E-state index is 11.5. The molecule has 1 fully saturated rings. The first-order valence-corrected chi connectivity index (χ1v) is 5.76. The number of benzene rings is 1. The zero-order valence-corrected chi connectivity index (χ0v) is 10.4. The van der Waals surface area contributed by atoms with Gasteiger partial charge in [0.25, 0.3) is 0 Å². The quantitative estimate of drug-likeness (QED) is 0.905. The molecule has 1 aromatic rings. The molecule has 1 saturated heterocycles. The number of halogens is 1. The Balaban J connectivity index is 2.24. The summed E-state index contributed by atoms with van der Waals surface area (Å²) in [7, 11) is 0. The largest absolute Gasteiger partial charge is 0.441 e. The number of amides is 1. The first-order chi connectivity index (χ1) is 7.61. The third-order valence-corrected chi connectivity index (χ3v) is 3.42. The Morgan fingerprint density at radius 3 is 2.94 bits per heavy atom. The summed E-state index contributed by atoms with van der Waals surface area (Å²) in [6.07, 6.45) is -0.822. The van der Waals surface area contributed by atoms with Gasteiger partial charge < -0.3 is 9.84 Å². The third-order valence-electron chi connectivity index (χ3n) is 2.53. The lowest BCUT2D eigenvalue weighted by Crippen LogP contribution is -2.25. The molecule has 16 heavy (non-hydrogen) atoms. The van der Waals surface area contributed by atoms with Crippen molar-refractivity contribution in [2.75, 3.05) is 18.1 Å². The maximum absolute atomic E-state index is 11.5. The highest BCUT2D eigenvalue weighted by atomic mass is 79.9. The molecule has 0 aromatic heterocycles. The van der Waals surface area contributed by atoms with Gasteiger partial charge >= 0.3 is 6.09 Å². The second kappa shape index (κ2) is 4.43. The maximum Gasteiger partial charge on any atom is 0.414 e. The zero-order chi connectivity index (χ0) is 11.7. The number of aryl methyl sites for hydroxylation is 1. The summed E-state index contributed by atoms with van der Waals surface area (Å²) >= 11 is 3.40. The Morgan fingerprint density at radius 2 is 2.38 bits per heavy atom. The topological polar surface area (TPSA) is 49.8 Å². The molecular weight excluding hydrogens is 274 g/mol. The Kier molecular flexibility index (Phi) is 3.16. The molecule has 0 spiro atoms. The van der Waals surface area contributed by atoms with E-state index >= 15 is 0 Å². The minimum Gasteiger partial charge on any atom is -0.441 e. The van der Waals surface area contributed by atoms with E-state index in [-0.39, 0.29) is 6.61 Å². The lowest BCUT2D eigenvalue weighted by atomic mass is 10.2. The predicted molar refractivity (Wildman–Crippen MR) is 63.6 cm³/mol. The van der Waals surface area contributed by atoms with Crippen LogP contribution in [0.25, 0.3) is 0 Å². The zero-order valence-electron chi connectivity index (χ0n) is 8.81. The number of hydrogen-bond acceptors (Lipinski definition) is 3. The van der Waals surface area contributed by atoms with Gasteiger partial charge in [-0.1, -0.05) is 15.9 Å². The first-order valence-electron chi connectivity index (χ1n) is 4.97. The third kappa shape index (κ3) is 2.05. The number of cyclic esters (lactones) is 1. The Morgan fingerprint density at radius 1 is 1.62 bits per heavy atom. The smallest absolute Gasteiger partial charge is 0.414 e. The Hall–Kier alpha value is -1.07. The fraction of sp³-hybridized carbons (Fsp3) is 0.364. The second-order valence-corrected chi connectivity index (χ2v) is 4.59. The average molecular weight is 286 g/mol. The SMILES string of the molecule is Cc1cc(N2CC(CO)OC2=O)ccc1Br. The van der Waals surface area contributed by atoms with Crippen molar-refractivity contribution >= 4 is 27.7 Å². The average Bonchev–Trinajstić information content (AvgIpc) is 2.64. The van der Waals surface area contributed by atoms with Crippen LogP contribution in [-0.4, -0.2) is 30.5 Å². The van der Waals surface area contributed by atoms with E-state index in [2.05, 4.69) is 15.9 Å². The molecule has 1 atom stereocenters. The number of aliphatic hydroxyl groups is 1. The summed E-state index contributed by atoms with van der Waals surface area (Å²) in [5.41, 5.74) is 1.85. The number of hydrogen-bond donors (Lipinski definition) is 1. The molecule has 1 amide bonds. The lowest BCUT2D eigenvalue weighted by Gasteiger charge is -2.13. The van der Waals surface area contributed by atoms with Gasteiger partial charge in [0.1, 0.15) is 6.10 Å². The van der Waals surface area contributed by atoms with Gasteiger partial charge in [-0.3, -0.25) is 4.90 Å². The number of anilines is 1. The minimum absolute atomic E-state index is 0.141. The predicted octanol–water partition coefficient (Wildman–Crippen LogP) is 2.08. The van der Waals surface area contributed by atoms with Crippen molar-refractivity contribution < 1.29 is 14.6 Å². The van der Waals surface area contributed by atoms with Gasteiger partial charge in [-0.25, -0.2) is 4.79 Å². The van der Waals surface area contributed by atoms with Crippen LogP contribution in [-0.2, 0) is 4.74 Å². The van der Waals surface area contributed by atoms with Gasteiger partial charge in [0.15, 0.2) is 0 Å². The highest BCUT2D eigenvalue weighted by Crippen LogP contribution is 2.26. The van der Waals surface area contributed by atoms with Crippen molar-refractivity contribution in [1.82, 2.24) is 0 Å². The number of ether oxygens (including phenoxy) is 1. The van der Waals surface area contributed by atoms with E-state index in [0.29, 0.717) is 6.54 Å². The number of carbonyl (C=O) groups excluding carboxylic acids is 1. The summed E-state index contributed by atoms with van der Waals surface area (Å²) in [5, 5.41) is 8.94. The van der Waals surface area contributed by atoms with E-state index in [4.69, 9.17) is 9.84 Å². The fourth-order valence-corrected chi connectivity index (χ4v) is 1.87. The molecule has 2 rings (SSSR count). The lowest BCUT2D eigenvalue weighted by molar-refractivity contribution is 0.0963. The summed E-state index contributed by atoms with van der Waals surface area (Å²) in [5.74, 6) is 0. The molecule has 1 aromatic carbocycles. The van der Waals surface area contributed by atoms with Crippen LogP contribution in [0.15, 0.2) is 22.7 Å². The highest BCUT2D eigenvalue weighted by Gasteiger charge is 2.31. The number of nitrogens with zero attached hydrogens (tertiary/aromatic N) is 1. The second-order valence-electron chi connectivity index (χ2n) is 3.73. The van der Waals surface area contributed by atoms with Gasteiger partial charge in [0, 0.05) is 10.2 Å². The van der Waals surface area contributed by atoms with Crippen LogP contribution < -0.4 is 4.90 Å². The molecule has 4 nitrogen and oxygen atoms in total. The Bertz CT molecular complexity index is 422. The molecule has 1 unspecified atom stereocenters. The number of carbonyl (C=O) groups is 1. The summed E-state index contributed by atoms with van der Waals surface area (Å²) in [4.78, 5) is 13.0. The van der Waals surface area contributed by atoms with E-state index in [0.717, 1.165) is 15.7 Å².